The van der Waals surface area contributed by atoms with Gasteiger partial charge in [-0.05, 0) is 24.8 Å². The molecule has 1 rings (SSSR count). The maximum Gasteiger partial charge on any atom is 0.100 e. The van der Waals surface area contributed by atoms with Gasteiger partial charge < -0.3 is 15.0 Å². The Morgan fingerprint density at radius 3 is 2.93 bits per heavy atom. The highest BCUT2D eigenvalue weighted by Crippen LogP contribution is 2.21. The number of aliphatic hydroxyl groups excluding tert-OH is 1. The van der Waals surface area contributed by atoms with Crippen molar-refractivity contribution in [3.8, 4) is 0 Å². The van der Waals surface area contributed by atoms with Crippen molar-refractivity contribution in [2.75, 3.05) is 26.2 Å². The summed E-state index contributed by atoms with van der Waals surface area (Å²) in [6, 6.07) is 0. The molecule has 0 radical (unpaired) electrons. The molecule has 1 heterocycles. The average molecular weight is 213 g/mol. The lowest BCUT2D eigenvalue weighted by Crippen LogP contribution is -2.46. The van der Waals surface area contributed by atoms with Gasteiger partial charge in [0.15, 0.2) is 0 Å². The molecular formula is C12H23NO2. The van der Waals surface area contributed by atoms with Gasteiger partial charge in [-0.1, -0.05) is 19.4 Å². The second kappa shape index (κ2) is 6.26. The zero-order valence-corrected chi connectivity index (χ0v) is 9.74. The molecule has 0 aromatic heterocycles. The lowest BCUT2D eigenvalue weighted by Gasteiger charge is -2.45. The Hall–Kier alpha value is -0.380. The number of quaternary nitrogens is 1. The summed E-state index contributed by atoms with van der Waals surface area (Å²) in [4.78, 5) is 0. The summed E-state index contributed by atoms with van der Waals surface area (Å²) in [5, 5.41) is 21.0. The van der Waals surface area contributed by atoms with Gasteiger partial charge in [0.2, 0.25) is 0 Å². The van der Waals surface area contributed by atoms with Crippen molar-refractivity contribution in [1.82, 2.24) is 0 Å². The molecule has 3 heteroatoms. The highest BCUT2D eigenvalue weighted by atomic mass is 16.5. The van der Waals surface area contributed by atoms with E-state index in [-0.39, 0.29) is 11.3 Å². The SMILES string of the molecule is CCCC[N+]1([O-])CCC=C(CCCO)C1. The standard InChI is InChI=1S/C12H23NO2/c1-2-3-8-13(15)9-4-6-12(11-13)7-5-10-14/h6,14H,2-5,7-11H2,1H3. The highest BCUT2D eigenvalue weighted by Gasteiger charge is 2.21. The fourth-order valence-electron chi connectivity index (χ4n) is 2.14. The molecular weight excluding hydrogens is 190 g/mol. The summed E-state index contributed by atoms with van der Waals surface area (Å²) in [7, 11) is 0. The van der Waals surface area contributed by atoms with Crippen LogP contribution < -0.4 is 0 Å². The van der Waals surface area contributed by atoms with Gasteiger partial charge in [-0.25, -0.2) is 0 Å². The molecule has 1 atom stereocenters. The highest BCUT2D eigenvalue weighted by molar-refractivity contribution is 5.05. The predicted molar refractivity (Wildman–Crippen MR) is 62.2 cm³/mol. The van der Waals surface area contributed by atoms with Crippen LogP contribution in [0.25, 0.3) is 0 Å². The van der Waals surface area contributed by atoms with Gasteiger partial charge in [-0.2, -0.15) is 0 Å². The van der Waals surface area contributed by atoms with Gasteiger partial charge in [-0.15, -0.1) is 0 Å². The third-order valence-electron chi connectivity index (χ3n) is 3.04. The maximum atomic E-state index is 12.3. The van der Waals surface area contributed by atoms with Crippen molar-refractivity contribution >= 4 is 0 Å². The van der Waals surface area contributed by atoms with Gasteiger partial charge in [0.1, 0.15) is 6.54 Å². The van der Waals surface area contributed by atoms with Crippen molar-refractivity contribution in [2.24, 2.45) is 0 Å². The van der Waals surface area contributed by atoms with Crippen LogP contribution in [0.15, 0.2) is 11.6 Å². The van der Waals surface area contributed by atoms with E-state index in [1.54, 1.807) is 0 Å². The minimum absolute atomic E-state index is 0.0366. The van der Waals surface area contributed by atoms with Gasteiger partial charge in [0.25, 0.3) is 0 Å². The lowest BCUT2D eigenvalue weighted by molar-refractivity contribution is -0.877. The number of unbranched alkanes of at least 4 members (excludes halogenated alkanes) is 1. The molecule has 0 saturated carbocycles. The summed E-state index contributed by atoms with van der Waals surface area (Å²) in [5.74, 6) is 0. The van der Waals surface area contributed by atoms with Gasteiger partial charge in [0.05, 0.1) is 13.1 Å². The summed E-state index contributed by atoms with van der Waals surface area (Å²) in [6.07, 6.45) is 6.91. The fourth-order valence-corrected chi connectivity index (χ4v) is 2.14. The largest absolute Gasteiger partial charge is 0.633 e. The van der Waals surface area contributed by atoms with Crippen molar-refractivity contribution in [3.63, 3.8) is 0 Å². The Bertz CT molecular complexity index is 216. The summed E-state index contributed by atoms with van der Waals surface area (Å²) >= 11 is 0. The monoisotopic (exact) mass is 213 g/mol. The molecule has 1 aliphatic heterocycles. The first-order chi connectivity index (χ1) is 7.20. The molecule has 0 spiro atoms. The molecule has 0 amide bonds. The number of hydrogen-bond acceptors (Lipinski definition) is 2. The lowest BCUT2D eigenvalue weighted by atomic mass is 10.0. The van der Waals surface area contributed by atoms with E-state index in [0.29, 0.717) is 6.54 Å². The number of hydrogen-bond donors (Lipinski definition) is 1. The zero-order valence-electron chi connectivity index (χ0n) is 9.74. The van der Waals surface area contributed by atoms with E-state index in [2.05, 4.69) is 13.0 Å². The first-order valence-electron chi connectivity index (χ1n) is 6.06. The van der Waals surface area contributed by atoms with Crippen LogP contribution in [0.5, 0.6) is 0 Å². The number of hydroxylamine groups is 3. The minimum atomic E-state index is -0.0366. The molecule has 0 aliphatic carbocycles. The molecule has 15 heavy (non-hydrogen) atoms. The Morgan fingerprint density at radius 2 is 2.27 bits per heavy atom. The Balaban J connectivity index is 2.40. The molecule has 88 valence electrons. The molecule has 1 aliphatic rings. The van der Waals surface area contributed by atoms with Crippen molar-refractivity contribution < 1.29 is 9.75 Å². The van der Waals surface area contributed by atoms with Gasteiger partial charge in [0, 0.05) is 13.0 Å². The second-order valence-corrected chi connectivity index (χ2v) is 4.50. The van der Waals surface area contributed by atoms with E-state index in [4.69, 9.17) is 5.11 Å². The topological polar surface area (TPSA) is 43.3 Å². The number of nitrogens with zero attached hydrogens (tertiary/aromatic N) is 1. The molecule has 1 unspecified atom stereocenters. The molecule has 0 aromatic carbocycles. The van der Waals surface area contributed by atoms with Crippen LogP contribution in [0.2, 0.25) is 0 Å². The normalized spacial score (nSPS) is 26.5. The molecule has 0 bridgehead atoms. The van der Waals surface area contributed by atoms with E-state index in [0.717, 1.165) is 45.2 Å². The van der Waals surface area contributed by atoms with E-state index in [1.807, 2.05) is 0 Å². The molecule has 1 N–H and O–H groups in total. The number of aliphatic hydroxyl groups is 1. The molecule has 3 nitrogen and oxygen atoms in total. The van der Waals surface area contributed by atoms with Crippen molar-refractivity contribution in [1.29, 1.82) is 0 Å². The second-order valence-electron chi connectivity index (χ2n) is 4.50. The third-order valence-corrected chi connectivity index (χ3v) is 3.04. The van der Waals surface area contributed by atoms with E-state index in [9.17, 15) is 5.21 Å². The van der Waals surface area contributed by atoms with Crippen molar-refractivity contribution in [2.45, 2.75) is 39.0 Å². The third kappa shape index (κ3) is 4.33. The Kier molecular flexibility index (Phi) is 5.29. The maximum absolute atomic E-state index is 12.3. The quantitative estimate of drug-likeness (QED) is 0.417. The summed E-state index contributed by atoms with van der Waals surface area (Å²) in [5.41, 5.74) is 1.25. The molecule has 0 aromatic rings. The first kappa shape index (κ1) is 12.7. The molecule has 0 fully saturated rings. The fraction of sp³-hybridized carbons (Fsp3) is 0.833. The van der Waals surface area contributed by atoms with E-state index in [1.165, 1.54) is 5.57 Å². The van der Waals surface area contributed by atoms with Gasteiger partial charge in [-0.3, -0.25) is 0 Å². The smallest absolute Gasteiger partial charge is 0.100 e. The van der Waals surface area contributed by atoms with Crippen LogP contribution in [0, 0.1) is 5.21 Å². The first-order valence-corrected chi connectivity index (χ1v) is 6.06. The van der Waals surface area contributed by atoms with Gasteiger partial charge >= 0.3 is 0 Å². The number of rotatable bonds is 6. The summed E-state index contributed by atoms with van der Waals surface area (Å²) in [6.45, 7) is 4.50. The van der Waals surface area contributed by atoms with Crippen LogP contribution in [0.4, 0.5) is 0 Å². The minimum Gasteiger partial charge on any atom is -0.633 e. The molecule has 0 saturated heterocycles. The van der Waals surface area contributed by atoms with Crippen LogP contribution in [0.1, 0.15) is 39.0 Å². The van der Waals surface area contributed by atoms with Crippen LogP contribution in [-0.4, -0.2) is 36.0 Å². The van der Waals surface area contributed by atoms with Crippen LogP contribution in [-0.2, 0) is 0 Å². The van der Waals surface area contributed by atoms with E-state index < -0.39 is 0 Å². The summed E-state index contributed by atoms with van der Waals surface area (Å²) < 4.78 is -0.0366. The Morgan fingerprint density at radius 1 is 1.47 bits per heavy atom. The van der Waals surface area contributed by atoms with Crippen molar-refractivity contribution in [3.05, 3.63) is 16.9 Å². The predicted octanol–water partition coefficient (Wildman–Crippen LogP) is 2.20. The van der Waals surface area contributed by atoms with Crippen LogP contribution >= 0.6 is 0 Å². The zero-order chi connectivity index (χ0) is 11.1. The van der Waals surface area contributed by atoms with E-state index >= 15 is 0 Å². The Labute approximate surface area is 92.6 Å². The van der Waals surface area contributed by atoms with Crippen LogP contribution in [0.3, 0.4) is 0 Å². The average Bonchev–Trinajstić information content (AvgIpc) is 2.24.